The van der Waals surface area contributed by atoms with E-state index in [2.05, 4.69) is 6.07 Å². The van der Waals surface area contributed by atoms with E-state index < -0.39 is 0 Å². The molecule has 1 aromatic heterocycles. The summed E-state index contributed by atoms with van der Waals surface area (Å²) in [4.78, 5) is 1.08. The van der Waals surface area contributed by atoms with Gasteiger partial charge in [0, 0.05) is 17.0 Å². The van der Waals surface area contributed by atoms with Crippen LogP contribution in [-0.4, -0.2) is 0 Å². The molecule has 0 spiro atoms. The Hall–Kier alpha value is -1.79. The molecule has 2 nitrogen and oxygen atoms in total. The van der Waals surface area contributed by atoms with Crippen LogP contribution in [0.1, 0.15) is 16.0 Å². The quantitative estimate of drug-likeness (QED) is 0.781. The first-order valence-electron chi connectivity index (χ1n) is 4.61. The van der Waals surface area contributed by atoms with Crippen molar-refractivity contribution >= 4 is 17.0 Å². The summed E-state index contributed by atoms with van der Waals surface area (Å²) in [6, 6.07) is 11.8. The molecule has 0 atom stereocenters. The SMILES string of the molecule is N#Cc1ccsc1Cc1ccccc1N. The predicted molar refractivity (Wildman–Crippen MR) is 62.7 cm³/mol. The summed E-state index contributed by atoms with van der Waals surface area (Å²) in [6.07, 6.45) is 0.743. The minimum absolute atomic E-state index is 0.743. The van der Waals surface area contributed by atoms with Crippen molar-refractivity contribution in [2.24, 2.45) is 0 Å². The van der Waals surface area contributed by atoms with Crippen LogP contribution in [-0.2, 0) is 6.42 Å². The van der Waals surface area contributed by atoms with E-state index in [1.54, 1.807) is 11.3 Å². The summed E-state index contributed by atoms with van der Waals surface area (Å²) in [5, 5.41) is 10.8. The van der Waals surface area contributed by atoms with Crippen LogP contribution in [0.15, 0.2) is 35.7 Å². The number of nitrogen functional groups attached to an aromatic ring is 1. The number of hydrogen-bond acceptors (Lipinski definition) is 3. The van der Waals surface area contributed by atoms with Gasteiger partial charge >= 0.3 is 0 Å². The van der Waals surface area contributed by atoms with E-state index >= 15 is 0 Å². The zero-order valence-electron chi connectivity index (χ0n) is 8.10. The summed E-state index contributed by atoms with van der Waals surface area (Å²) >= 11 is 1.60. The Labute approximate surface area is 92.6 Å². The van der Waals surface area contributed by atoms with Crippen LogP contribution in [0.2, 0.25) is 0 Å². The second-order valence-electron chi connectivity index (χ2n) is 3.24. The van der Waals surface area contributed by atoms with Crippen molar-refractivity contribution in [3.05, 3.63) is 51.7 Å². The van der Waals surface area contributed by atoms with Gasteiger partial charge < -0.3 is 5.73 Å². The van der Waals surface area contributed by atoms with Gasteiger partial charge in [0.2, 0.25) is 0 Å². The minimum atomic E-state index is 0.743. The molecule has 2 rings (SSSR count). The van der Waals surface area contributed by atoms with E-state index in [1.165, 1.54) is 0 Å². The molecule has 3 heteroatoms. The third-order valence-electron chi connectivity index (χ3n) is 2.27. The highest BCUT2D eigenvalue weighted by molar-refractivity contribution is 7.10. The smallest absolute Gasteiger partial charge is 0.100 e. The first-order valence-corrected chi connectivity index (χ1v) is 5.49. The largest absolute Gasteiger partial charge is 0.398 e. The van der Waals surface area contributed by atoms with Gasteiger partial charge in [0.1, 0.15) is 6.07 Å². The van der Waals surface area contributed by atoms with Crippen molar-refractivity contribution in [2.75, 3.05) is 5.73 Å². The predicted octanol–water partition coefficient (Wildman–Crippen LogP) is 2.79. The van der Waals surface area contributed by atoms with Crippen molar-refractivity contribution in [3.63, 3.8) is 0 Å². The monoisotopic (exact) mass is 214 g/mol. The van der Waals surface area contributed by atoms with Crippen molar-refractivity contribution < 1.29 is 0 Å². The molecule has 0 unspecified atom stereocenters. The Balaban J connectivity index is 2.31. The molecule has 15 heavy (non-hydrogen) atoms. The first kappa shape index (κ1) is 9.75. The van der Waals surface area contributed by atoms with Crippen LogP contribution in [0.4, 0.5) is 5.69 Å². The number of rotatable bonds is 2. The molecule has 0 bridgehead atoms. The number of nitrogens with two attached hydrogens (primary N) is 1. The van der Waals surface area contributed by atoms with Gasteiger partial charge in [0.15, 0.2) is 0 Å². The number of anilines is 1. The maximum Gasteiger partial charge on any atom is 0.100 e. The molecule has 2 N–H and O–H groups in total. The molecule has 0 radical (unpaired) electrons. The number of nitriles is 1. The molecule has 1 heterocycles. The Bertz CT molecular complexity index is 508. The highest BCUT2D eigenvalue weighted by atomic mass is 32.1. The van der Waals surface area contributed by atoms with Gasteiger partial charge in [-0.2, -0.15) is 5.26 Å². The summed E-state index contributed by atoms with van der Waals surface area (Å²) in [5.41, 5.74) is 8.47. The zero-order valence-corrected chi connectivity index (χ0v) is 8.92. The molecule has 0 saturated carbocycles. The van der Waals surface area contributed by atoms with Crippen molar-refractivity contribution in [1.82, 2.24) is 0 Å². The Morgan fingerprint density at radius 1 is 1.27 bits per heavy atom. The van der Waals surface area contributed by atoms with Crippen molar-refractivity contribution in [3.8, 4) is 6.07 Å². The lowest BCUT2D eigenvalue weighted by molar-refractivity contribution is 1.23. The lowest BCUT2D eigenvalue weighted by atomic mass is 10.1. The molecule has 0 amide bonds. The van der Waals surface area contributed by atoms with Crippen LogP contribution in [0.3, 0.4) is 0 Å². The normalized spacial score (nSPS) is 9.80. The zero-order chi connectivity index (χ0) is 10.7. The van der Waals surface area contributed by atoms with E-state index in [-0.39, 0.29) is 0 Å². The second-order valence-corrected chi connectivity index (χ2v) is 4.25. The standard InChI is InChI=1S/C12H10N2S/c13-8-10-5-6-15-12(10)7-9-3-1-2-4-11(9)14/h1-6H,7,14H2. The van der Waals surface area contributed by atoms with Gasteiger partial charge in [-0.15, -0.1) is 11.3 Å². The first-order chi connectivity index (χ1) is 7.31. The Morgan fingerprint density at radius 3 is 2.80 bits per heavy atom. The molecular formula is C12H10N2S. The van der Waals surface area contributed by atoms with Gasteiger partial charge in [-0.25, -0.2) is 0 Å². The second kappa shape index (κ2) is 4.16. The average molecular weight is 214 g/mol. The van der Waals surface area contributed by atoms with E-state index in [1.807, 2.05) is 35.7 Å². The van der Waals surface area contributed by atoms with E-state index in [4.69, 9.17) is 11.0 Å². The maximum atomic E-state index is 8.88. The van der Waals surface area contributed by atoms with E-state index in [0.717, 1.165) is 28.1 Å². The molecular weight excluding hydrogens is 204 g/mol. The number of hydrogen-bond donors (Lipinski definition) is 1. The number of thiophene rings is 1. The molecule has 0 fully saturated rings. The van der Waals surface area contributed by atoms with Crippen molar-refractivity contribution in [1.29, 1.82) is 5.26 Å². The molecule has 0 aliphatic rings. The van der Waals surface area contributed by atoms with Gasteiger partial charge in [0.25, 0.3) is 0 Å². The van der Waals surface area contributed by atoms with Crippen LogP contribution >= 0.6 is 11.3 Å². The fraction of sp³-hybridized carbons (Fsp3) is 0.0833. The van der Waals surface area contributed by atoms with Crippen LogP contribution in [0.25, 0.3) is 0 Å². The lowest BCUT2D eigenvalue weighted by Crippen LogP contribution is -1.94. The van der Waals surface area contributed by atoms with E-state index in [0.29, 0.717) is 0 Å². The molecule has 2 aromatic rings. The molecule has 74 valence electrons. The molecule has 0 aliphatic carbocycles. The summed E-state index contributed by atoms with van der Waals surface area (Å²) in [6.45, 7) is 0. The molecule has 0 aliphatic heterocycles. The van der Waals surface area contributed by atoms with Crippen LogP contribution in [0, 0.1) is 11.3 Å². The fourth-order valence-electron chi connectivity index (χ4n) is 1.45. The minimum Gasteiger partial charge on any atom is -0.398 e. The number of nitrogens with zero attached hydrogens (tertiary/aromatic N) is 1. The highest BCUT2D eigenvalue weighted by Crippen LogP contribution is 2.22. The number of para-hydroxylation sites is 1. The highest BCUT2D eigenvalue weighted by Gasteiger charge is 2.06. The van der Waals surface area contributed by atoms with Gasteiger partial charge in [-0.1, -0.05) is 18.2 Å². The topological polar surface area (TPSA) is 49.8 Å². The van der Waals surface area contributed by atoms with E-state index in [9.17, 15) is 0 Å². The average Bonchev–Trinajstić information content (AvgIpc) is 2.69. The lowest BCUT2D eigenvalue weighted by Gasteiger charge is -2.03. The fourth-order valence-corrected chi connectivity index (χ4v) is 2.29. The molecule has 0 saturated heterocycles. The molecule has 1 aromatic carbocycles. The van der Waals surface area contributed by atoms with Crippen LogP contribution in [0.5, 0.6) is 0 Å². The van der Waals surface area contributed by atoms with Crippen LogP contribution < -0.4 is 5.73 Å². The Kier molecular flexibility index (Phi) is 2.70. The summed E-state index contributed by atoms with van der Waals surface area (Å²) in [7, 11) is 0. The van der Waals surface area contributed by atoms with Crippen molar-refractivity contribution in [2.45, 2.75) is 6.42 Å². The summed E-state index contributed by atoms with van der Waals surface area (Å²) in [5.74, 6) is 0. The van der Waals surface area contributed by atoms with Gasteiger partial charge in [-0.05, 0) is 23.1 Å². The van der Waals surface area contributed by atoms with Gasteiger partial charge in [-0.3, -0.25) is 0 Å². The van der Waals surface area contributed by atoms with Gasteiger partial charge in [0.05, 0.1) is 5.56 Å². The Morgan fingerprint density at radius 2 is 2.07 bits per heavy atom. The third kappa shape index (κ3) is 2.00. The maximum absolute atomic E-state index is 8.88. The third-order valence-corrected chi connectivity index (χ3v) is 3.19. The number of benzene rings is 1. The summed E-state index contributed by atoms with van der Waals surface area (Å²) < 4.78 is 0.